The van der Waals surface area contributed by atoms with E-state index in [2.05, 4.69) is 10.00 Å². The van der Waals surface area contributed by atoms with Gasteiger partial charge >= 0.3 is 0 Å². The molecule has 0 radical (unpaired) electrons. The average Bonchev–Trinajstić information content (AvgIpc) is 3.01. The standard InChI is InChI=1S/C17H17Cl2N5O/c1-10(2)24-16-12(8-20-24)17(25)23-6-5-22(9-15(23)21-16)11-3-4-13(18)14(19)7-11/h3-4,7-8,10H,5-6,9H2,1-2H3. The fourth-order valence-corrected chi connectivity index (χ4v) is 3.46. The van der Waals surface area contributed by atoms with Crippen LogP contribution < -0.4 is 10.5 Å². The van der Waals surface area contributed by atoms with Crippen molar-refractivity contribution in [1.82, 2.24) is 19.3 Å². The Balaban J connectivity index is 1.78. The number of benzene rings is 1. The van der Waals surface area contributed by atoms with Crippen LogP contribution in [0.3, 0.4) is 0 Å². The van der Waals surface area contributed by atoms with Gasteiger partial charge in [-0.25, -0.2) is 9.67 Å². The summed E-state index contributed by atoms with van der Waals surface area (Å²) >= 11 is 12.1. The number of hydrogen-bond donors (Lipinski definition) is 0. The van der Waals surface area contributed by atoms with E-state index in [1.165, 1.54) is 0 Å². The molecule has 25 heavy (non-hydrogen) atoms. The molecule has 0 spiro atoms. The molecule has 0 saturated carbocycles. The minimum Gasteiger partial charge on any atom is -0.362 e. The first kappa shape index (κ1) is 16.4. The minimum atomic E-state index is -0.0271. The molecule has 6 nitrogen and oxygen atoms in total. The van der Waals surface area contributed by atoms with Gasteiger partial charge in [0.15, 0.2) is 5.65 Å². The Morgan fingerprint density at radius 2 is 1.96 bits per heavy atom. The highest BCUT2D eigenvalue weighted by Crippen LogP contribution is 2.29. The molecular formula is C17H17Cl2N5O. The minimum absolute atomic E-state index is 0.0271. The van der Waals surface area contributed by atoms with Crippen LogP contribution in [-0.4, -0.2) is 25.9 Å². The van der Waals surface area contributed by atoms with E-state index in [4.69, 9.17) is 28.2 Å². The van der Waals surface area contributed by atoms with Gasteiger partial charge in [-0.05, 0) is 32.0 Å². The van der Waals surface area contributed by atoms with E-state index in [9.17, 15) is 4.79 Å². The second-order valence-electron chi connectivity index (χ2n) is 6.42. The van der Waals surface area contributed by atoms with Crippen LogP contribution in [0.4, 0.5) is 5.69 Å². The van der Waals surface area contributed by atoms with E-state index in [0.717, 1.165) is 11.5 Å². The Hall–Kier alpha value is -2.05. The van der Waals surface area contributed by atoms with E-state index >= 15 is 0 Å². The summed E-state index contributed by atoms with van der Waals surface area (Å²) in [6.07, 6.45) is 1.61. The maximum absolute atomic E-state index is 12.8. The summed E-state index contributed by atoms with van der Waals surface area (Å²) in [4.78, 5) is 19.6. The number of fused-ring (bicyclic) bond motifs is 2. The van der Waals surface area contributed by atoms with Crippen molar-refractivity contribution in [2.75, 3.05) is 11.4 Å². The first-order valence-corrected chi connectivity index (χ1v) is 8.88. The van der Waals surface area contributed by atoms with E-state index in [-0.39, 0.29) is 11.6 Å². The van der Waals surface area contributed by atoms with Crippen LogP contribution in [0.5, 0.6) is 0 Å². The van der Waals surface area contributed by atoms with Crippen molar-refractivity contribution in [2.24, 2.45) is 0 Å². The lowest BCUT2D eigenvalue weighted by atomic mass is 10.2. The summed E-state index contributed by atoms with van der Waals surface area (Å²) in [6, 6.07) is 5.70. The smallest absolute Gasteiger partial charge is 0.264 e. The second-order valence-corrected chi connectivity index (χ2v) is 7.24. The largest absolute Gasteiger partial charge is 0.362 e. The van der Waals surface area contributed by atoms with Gasteiger partial charge in [0.05, 0.1) is 22.8 Å². The van der Waals surface area contributed by atoms with Gasteiger partial charge in [0.25, 0.3) is 5.56 Å². The monoisotopic (exact) mass is 377 g/mol. The van der Waals surface area contributed by atoms with Crippen LogP contribution >= 0.6 is 23.2 Å². The molecule has 0 aliphatic carbocycles. The normalized spacial score (nSPS) is 14.4. The fraction of sp³-hybridized carbons (Fsp3) is 0.353. The molecule has 3 aromatic rings. The van der Waals surface area contributed by atoms with Gasteiger partial charge in [0, 0.05) is 24.8 Å². The molecule has 1 aliphatic rings. The summed E-state index contributed by atoms with van der Waals surface area (Å²) in [5.41, 5.74) is 1.58. The third-order valence-corrected chi connectivity index (χ3v) is 5.21. The van der Waals surface area contributed by atoms with E-state index in [1.54, 1.807) is 21.5 Å². The molecule has 0 saturated heterocycles. The molecule has 0 N–H and O–H groups in total. The third kappa shape index (κ3) is 2.69. The summed E-state index contributed by atoms with van der Waals surface area (Å²) in [5.74, 6) is 0.734. The Bertz CT molecular complexity index is 1020. The molecule has 4 rings (SSSR count). The molecule has 8 heteroatoms. The summed E-state index contributed by atoms with van der Waals surface area (Å²) in [7, 11) is 0. The summed E-state index contributed by atoms with van der Waals surface area (Å²) in [6.45, 7) is 5.85. The van der Waals surface area contributed by atoms with Gasteiger partial charge in [-0.2, -0.15) is 5.10 Å². The Morgan fingerprint density at radius 3 is 2.68 bits per heavy atom. The molecule has 130 valence electrons. The van der Waals surface area contributed by atoms with E-state index in [0.29, 0.717) is 40.7 Å². The van der Waals surface area contributed by atoms with Gasteiger partial charge in [-0.3, -0.25) is 9.36 Å². The Labute approximate surface area is 154 Å². The van der Waals surface area contributed by atoms with Crippen LogP contribution in [0.25, 0.3) is 11.0 Å². The molecular weight excluding hydrogens is 361 g/mol. The number of halogens is 2. The van der Waals surface area contributed by atoms with Crippen molar-refractivity contribution in [1.29, 1.82) is 0 Å². The van der Waals surface area contributed by atoms with Gasteiger partial charge in [0.1, 0.15) is 11.2 Å². The maximum atomic E-state index is 12.8. The number of nitrogens with zero attached hydrogens (tertiary/aromatic N) is 5. The zero-order valence-corrected chi connectivity index (χ0v) is 15.4. The zero-order valence-electron chi connectivity index (χ0n) is 13.9. The molecule has 3 heterocycles. The molecule has 2 aromatic heterocycles. The summed E-state index contributed by atoms with van der Waals surface area (Å²) < 4.78 is 3.53. The molecule has 0 unspecified atom stereocenters. The first-order valence-electron chi connectivity index (χ1n) is 8.12. The predicted octanol–water partition coefficient (Wildman–Crippen LogP) is 3.50. The molecule has 1 aromatic carbocycles. The zero-order chi connectivity index (χ0) is 17.7. The van der Waals surface area contributed by atoms with Crippen LogP contribution in [0, 0.1) is 0 Å². The quantitative estimate of drug-likeness (QED) is 0.685. The SMILES string of the molecule is CC(C)n1ncc2c(=O)n3c(nc21)CN(c1ccc(Cl)c(Cl)c1)CC3. The second kappa shape index (κ2) is 6.04. The highest BCUT2D eigenvalue weighted by Gasteiger charge is 2.22. The highest BCUT2D eigenvalue weighted by molar-refractivity contribution is 6.42. The number of anilines is 1. The molecule has 0 fully saturated rings. The van der Waals surface area contributed by atoms with E-state index in [1.807, 2.05) is 26.0 Å². The van der Waals surface area contributed by atoms with Crippen molar-refractivity contribution < 1.29 is 0 Å². The van der Waals surface area contributed by atoms with Crippen LogP contribution in [0.15, 0.2) is 29.2 Å². The molecule has 0 bridgehead atoms. The van der Waals surface area contributed by atoms with Gasteiger partial charge in [-0.15, -0.1) is 0 Å². The third-order valence-electron chi connectivity index (χ3n) is 4.47. The van der Waals surface area contributed by atoms with E-state index < -0.39 is 0 Å². The lowest BCUT2D eigenvalue weighted by Gasteiger charge is -2.31. The topological polar surface area (TPSA) is 56.0 Å². The van der Waals surface area contributed by atoms with Gasteiger partial charge < -0.3 is 4.90 Å². The Morgan fingerprint density at radius 1 is 1.16 bits per heavy atom. The number of rotatable bonds is 2. The lowest BCUT2D eigenvalue weighted by molar-refractivity contribution is 0.522. The molecule has 0 atom stereocenters. The van der Waals surface area contributed by atoms with Crippen LogP contribution in [0.2, 0.25) is 10.0 Å². The van der Waals surface area contributed by atoms with Crippen molar-refractivity contribution >= 4 is 39.9 Å². The van der Waals surface area contributed by atoms with Crippen molar-refractivity contribution in [3.63, 3.8) is 0 Å². The lowest BCUT2D eigenvalue weighted by Crippen LogP contribution is -2.40. The predicted molar refractivity (Wildman–Crippen MR) is 99.7 cm³/mol. The highest BCUT2D eigenvalue weighted by atomic mass is 35.5. The van der Waals surface area contributed by atoms with Gasteiger partial charge in [-0.1, -0.05) is 23.2 Å². The summed E-state index contributed by atoms with van der Waals surface area (Å²) in [5, 5.41) is 5.93. The number of hydrogen-bond acceptors (Lipinski definition) is 4. The van der Waals surface area contributed by atoms with Crippen molar-refractivity contribution in [3.8, 4) is 0 Å². The van der Waals surface area contributed by atoms with Crippen molar-refractivity contribution in [3.05, 3.63) is 50.6 Å². The molecule has 0 amide bonds. The average molecular weight is 378 g/mol. The van der Waals surface area contributed by atoms with Crippen molar-refractivity contribution in [2.45, 2.75) is 33.0 Å². The number of aromatic nitrogens is 4. The van der Waals surface area contributed by atoms with Crippen LogP contribution in [-0.2, 0) is 13.1 Å². The maximum Gasteiger partial charge on any atom is 0.264 e. The first-order chi connectivity index (χ1) is 12.0. The molecule has 1 aliphatic heterocycles. The van der Waals surface area contributed by atoms with Gasteiger partial charge in [0.2, 0.25) is 0 Å². The fourth-order valence-electron chi connectivity index (χ4n) is 3.17. The van der Waals surface area contributed by atoms with Crippen LogP contribution in [0.1, 0.15) is 25.7 Å². The Kier molecular flexibility index (Phi) is 3.96.